The fraction of sp³-hybridized carbons (Fsp3) is 0.190. The minimum Gasteiger partial charge on any atom is -0.497 e. The Labute approximate surface area is 179 Å². The molecule has 2 aromatic carbocycles. The van der Waals surface area contributed by atoms with E-state index in [0.717, 1.165) is 35.8 Å². The van der Waals surface area contributed by atoms with Gasteiger partial charge in [0.25, 0.3) is 0 Å². The molecule has 2 heterocycles. The summed E-state index contributed by atoms with van der Waals surface area (Å²) < 4.78 is 7.54. The molecule has 7 heteroatoms. The van der Waals surface area contributed by atoms with E-state index >= 15 is 0 Å². The highest BCUT2D eigenvalue weighted by Gasteiger charge is 2.32. The lowest BCUT2D eigenvalue weighted by molar-refractivity contribution is 0.293. The van der Waals surface area contributed by atoms with Gasteiger partial charge in [0.2, 0.25) is 0 Å². The van der Waals surface area contributed by atoms with Crippen molar-refractivity contribution >= 4 is 46.2 Å². The van der Waals surface area contributed by atoms with Gasteiger partial charge in [-0.05, 0) is 54.2 Å². The van der Waals surface area contributed by atoms with Crippen molar-refractivity contribution in [3.8, 4) is 5.75 Å². The number of fused-ring (bicyclic) bond motifs is 1. The van der Waals surface area contributed by atoms with E-state index in [1.54, 1.807) is 13.2 Å². The lowest BCUT2D eigenvalue weighted by Gasteiger charge is -2.39. The first-order valence-electron chi connectivity index (χ1n) is 8.88. The summed E-state index contributed by atoms with van der Waals surface area (Å²) >= 11 is 18.5. The van der Waals surface area contributed by atoms with Crippen LogP contribution < -0.4 is 10.1 Å². The number of hydrogen-bond acceptors (Lipinski definition) is 2. The normalized spacial score (nSPS) is 15.8. The third-order valence-corrected chi connectivity index (χ3v) is 5.78. The van der Waals surface area contributed by atoms with Crippen molar-refractivity contribution < 1.29 is 4.74 Å². The zero-order valence-corrected chi connectivity index (χ0v) is 17.6. The van der Waals surface area contributed by atoms with Crippen LogP contribution in [0.15, 0.2) is 60.8 Å². The predicted octanol–water partition coefficient (Wildman–Crippen LogP) is 5.61. The summed E-state index contributed by atoms with van der Waals surface area (Å²) in [5.74, 6) is 0.776. The molecular weight excluding hydrogens is 413 g/mol. The maximum Gasteiger partial charge on any atom is 0.174 e. The van der Waals surface area contributed by atoms with E-state index < -0.39 is 0 Å². The molecule has 1 aliphatic rings. The molecule has 144 valence electrons. The van der Waals surface area contributed by atoms with Gasteiger partial charge in [-0.2, -0.15) is 0 Å². The van der Waals surface area contributed by atoms with Gasteiger partial charge in [0.15, 0.2) is 5.11 Å². The quantitative estimate of drug-likeness (QED) is 0.546. The summed E-state index contributed by atoms with van der Waals surface area (Å²) in [6, 6.07) is 17.4. The maximum atomic E-state index is 6.57. The lowest BCUT2D eigenvalue weighted by Crippen LogP contribution is -2.44. The number of aromatic nitrogens is 1. The second-order valence-electron chi connectivity index (χ2n) is 6.55. The fourth-order valence-electron chi connectivity index (χ4n) is 3.55. The van der Waals surface area contributed by atoms with Crippen molar-refractivity contribution in [2.45, 2.75) is 12.6 Å². The van der Waals surface area contributed by atoms with Crippen LogP contribution >= 0.6 is 35.4 Å². The fourth-order valence-corrected chi connectivity index (χ4v) is 4.38. The molecule has 0 saturated carbocycles. The number of thiocarbonyl (C=S) groups is 1. The van der Waals surface area contributed by atoms with Gasteiger partial charge in [0.05, 0.1) is 13.2 Å². The summed E-state index contributed by atoms with van der Waals surface area (Å²) in [6.45, 7) is 1.62. The Balaban J connectivity index is 1.69. The van der Waals surface area contributed by atoms with Crippen LogP contribution in [-0.4, -0.2) is 28.2 Å². The van der Waals surface area contributed by atoms with Crippen molar-refractivity contribution in [1.29, 1.82) is 0 Å². The van der Waals surface area contributed by atoms with Gasteiger partial charge >= 0.3 is 0 Å². The van der Waals surface area contributed by atoms with Crippen LogP contribution in [0.25, 0.3) is 0 Å². The molecule has 4 nitrogen and oxygen atoms in total. The first-order chi connectivity index (χ1) is 13.6. The molecule has 0 spiro atoms. The molecule has 0 fully saturated rings. The summed E-state index contributed by atoms with van der Waals surface area (Å²) in [5, 5.41) is 5.22. The minimum atomic E-state index is -0.0980. The third kappa shape index (κ3) is 3.70. The number of hydrogen-bond donors (Lipinski definition) is 1. The Morgan fingerprint density at radius 3 is 2.75 bits per heavy atom. The highest BCUT2D eigenvalue weighted by molar-refractivity contribution is 7.80. The molecule has 28 heavy (non-hydrogen) atoms. The molecule has 0 unspecified atom stereocenters. The zero-order chi connectivity index (χ0) is 19.7. The number of halogens is 2. The SMILES string of the molecule is COc1cccc(NC(=S)N2CCn3cccc3[C@H]2c2ccc(Cl)cc2Cl)c1. The predicted molar refractivity (Wildman–Crippen MR) is 119 cm³/mol. The van der Waals surface area contributed by atoms with E-state index in [0.29, 0.717) is 15.2 Å². The maximum absolute atomic E-state index is 6.57. The molecule has 4 rings (SSSR count). The average Bonchev–Trinajstić information content (AvgIpc) is 3.16. The van der Waals surface area contributed by atoms with Crippen molar-refractivity contribution in [2.24, 2.45) is 0 Å². The van der Waals surface area contributed by atoms with Crippen LogP contribution in [0.1, 0.15) is 17.3 Å². The Morgan fingerprint density at radius 2 is 1.96 bits per heavy atom. The smallest absolute Gasteiger partial charge is 0.174 e. The molecule has 0 saturated heterocycles. The van der Waals surface area contributed by atoms with Crippen LogP contribution in [0.5, 0.6) is 5.75 Å². The molecule has 1 atom stereocenters. The van der Waals surface area contributed by atoms with Gasteiger partial charge in [-0.3, -0.25) is 0 Å². The second kappa shape index (κ2) is 8.03. The number of nitrogens with zero attached hydrogens (tertiary/aromatic N) is 2. The number of methoxy groups -OCH3 is 1. The highest BCUT2D eigenvalue weighted by Crippen LogP contribution is 2.37. The largest absolute Gasteiger partial charge is 0.497 e. The molecule has 0 amide bonds. The van der Waals surface area contributed by atoms with Gasteiger partial charge in [0.1, 0.15) is 5.75 Å². The van der Waals surface area contributed by atoms with Gasteiger partial charge in [-0.1, -0.05) is 35.3 Å². The Bertz CT molecular complexity index is 1020. The summed E-state index contributed by atoms with van der Waals surface area (Å²) in [7, 11) is 1.65. The summed E-state index contributed by atoms with van der Waals surface area (Å²) in [5.41, 5.74) is 3.00. The van der Waals surface area contributed by atoms with E-state index in [4.69, 9.17) is 40.2 Å². The van der Waals surface area contributed by atoms with Gasteiger partial charge in [0, 0.05) is 46.8 Å². The minimum absolute atomic E-state index is 0.0980. The van der Waals surface area contributed by atoms with Crippen LogP contribution in [0.2, 0.25) is 10.0 Å². The van der Waals surface area contributed by atoms with Gasteiger partial charge in [-0.25, -0.2) is 0 Å². The van der Waals surface area contributed by atoms with E-state index in [1.165, 1.54) is 0 Å². The standard InChI is InChI=1S/C21H19Cl2N3OS/c1-27-16-5-2-4-15(13-16)24-21(28)26-11-10-25-9-3-6-19(25)20(26)17-8-7-14(22)12-18(17)23/h2-9,12-13,20H,10-11H2,1H3,(H,24,28)/t20-/m1/s1. The molecule has 3 aromatic rings. The Morgan fingerprint density at radius 1 is 1.11 bits per heavy atom. The van der Waals surface area contributed by atoms with Gasteiger partial charge < -0.3 is 19.5 Å². The van der Waals surface area contributed by atoms with Crippen molar-refractivity contribution in [3.63, 3.8) is 0 Å². The van der Waals surface area contributed by atoms with Crippen molar-refractivity contribution in [1.82, 2.24) is 9.47 Å². The number of ether oxygens (including phenoxy) is 1. The van der Waals surface area contributed by atoms with E-state index in [1.807, 2.05) is 42.5 Å². The van der Waals surface area contributed by atoms with Crippen LogP contribution in [0.4, 0.5) is 5.69 Å². The molecule has 1 aromatic heterocycles. The number of rotatable bonds is 3. The molecular formula is C21H19Cl2N3OS. The number of nitrogens with one attached hydrogen (secondary N) is 1. The van der Waals surface area contributed by atoms with E-state index in [-0.39, 0.29) is 6.04 Å². The molecule has 0 bridgehead atoms. The van der Waals surface area contributed by atoms with Crippen LogP contribution in [-0.2, 0) is 6.54 Å². The lowest BCUT2D eigenvalue weighted by atomic mass is 10.00. The number of anilines is 1. The van der Waals surface area contributed by atoms with Crippen LogP contribution in [0, 0.1) is 0 Å². The zero-order valence-electron chi connectivity index (χ0n) is 15.2. The molecule has 1 N–H and O–H groups in total. The summed E-state index contributed by atoms with van der Waals surface area (Å²) in [4.78, 5) is 2.17. The monoisotopic (exact) mass is 431 g/mol. The highest BCUT2D eigenvalue weighted by atomic mass is 35.5. The first-order valence-corrected chi connectivity index (χ1v) is 10.0. The van der Waals surface area contributed by atoms with Crippen molar-refractivity contribution in [2.75, 3.05) is 19.0 Å². The van der Waals surface area contributed by atoms with Gasteiger partial charge in [-0.15, -0.1) is 0 Å². The second-order valence-corrected chi connectivity index (χ2v) is 7.78. The van der Waals surface area contributed by atoms with E-state index in [2.05, 4.69) is 27.0 Å². The summed E-state index contributed by atoms with van der Waals surface area (Å²) in [6.07, 6.45) is 2.09. The Kier molecular flexibility index (Phi) is 5.49. The van der Waals surface area contributed by atoms with Crippen LogP contribution in [0.3, 0.4) is 0 Å². The molecule has 1 aliphatic heterocycles. The third-order valence-electron chi connectivity index (χ3n) is 4.88. The number of benzene rings is 2. The van der Waals surface area contributed by atoms with E-state index in [9.17, 15) is 0 Å². The molecule has 0 aliphatic carbocycles. The average molecular weight is 432 g/mol. The molecule has 0 radical (unpaired) electrons. The first kappa shape index (κ1) is 19.1. The topological polar surface area (TPSA) is 29.4 Å². The Hall–Kier alpha value is -2.21. The van der Waals surface area contributed by atoms with Crippen molar-refractivity contribution in [3.05, 3.63) is 82.1 Å².